The molecule has 0 radical (unpaired) electrons. The van der Waals surface area contributed by atoms with Gasteiger partial charge < -0.3 is 16.4 Å². The summed E-state index contributed by atoms with van der Waals surface area (Å²) in [6, 6.07) is 2.12. The second kappa shape index (κ2) is 9.44. The Morgan fingerprint density at radius 1 is 1.26 bits per heavy atom. The smallest absolute Gasteiger partial charge is 0.383 e. The monoisotopic (exact) mass is 543 g/mol. The molecule has 4 N–H and O–H groups in total. The Bertz CT molecular complexity index is 1520. The number of alkyl halides is 3. The van der Waals surface area contributed by atoms with E-state index in [0.29, 0.717) is 37.6 Å². The Morgan fingerprint density at radius 2 is 2.00 bits per heavy atom. The minimum atomic E-state index is -4.67. The van der Waals surface area contributed by atoms with E-state index in [1.165, 1.54) is 17.1 Å². The fraction of sp³-hybridized carbons (Fsp3) is 0.385. The van der Waals surface area contributed by atoms with Crippen LogP contribution in [0.25, 0.3) is 11.3 Å². The number of benzene rings is 1. The van der Waals surface area contributed by atoms with Crippen molar-refractivity contribution in [2.45, 2.75) is 44.9 Å². The maximum absolute atomic E-state index is 13.7. The van der Waals surface area contributed by atoms with Gasteiger partial charge in [0.05, 0.1) is 24.3 Å². The molecule has 1 saturated carbocycles. The summed E-state index contributed by atoms with van der Waals surface area (Å²) in [6.07, 6.45) is 0.282. The van der Waals surface area contributed by atoms with E-state index in [1.807, 2.05) is 0 Å². The molecule has 5 rings (SSSR count). The van der Waals surface area contributed by atoms with Gasteiger partial charge in [-0.2, -0.15) is 23.4 Å². The number of halogens is 4. The molecule has 3 heterocycles. The summed E-state index contributed by atoms with van der Waals surface area (Å²) >= 11 is 0. The third-order valence-electron chi connectivity index (χ3n) is 7.45. The number of nitrogen functional groups attached to an aromatic ring is 1. The molecule has 2 fully saturated rings. The zero-order valence-electron chi connectivity index (χ0n) is 20.9. The molecule has 0 unspecified atom stereocenters. The molecule has 39 heavy (non-hydrogen) atoms. The first kappa shape index (κ1) is 26.3. The molecule has 3 aromatic rings. The number of carbonyl (C=O) groups is 2. The van der Waals surface area contributed by atoms with Crippen molar-refractivity contribution in [2.24, 2.45) is 11.1 Å². The predicted molar refractivity (Wildman–Crippen MR) is 132 cm³/mol. The van der Waals surface area contributed by atoms with E-state index in [1.54, 1.807) is 16.5 Å². The first-order chi connectivity index (χ1) is 18.4. The lowest BCUT2D eigenvalue weighted by Crippen LogP contribution is -2.42. The number of aromatic nitrogens is 4. The SMILES string of the molecule is CC#CC(=O)N1CCC2(CC(n3nc(-c4cnn(Cc5cc(F)ccc5C(F)(F)F)c4)c(C(N)=O)c3N)C2)C1. The highest BCUT2D eigenvalue weighted by Gasteiger charge is 2.51. The summed E-state index contributed by atoms with van der Waals surface area (Å²) in [7, 11) is 0. The number of likely N-dealkylation sites (tertiary alicyclic amines) is 1. The van der Waals surface area contributed by atoms with Crippen LogP contribution in [0.3, 0.4) is 0 Å². The molecule has 1 aromatic carbocycles. The quantitative estimate of drug-likeness (QED) is 0.378. The minimum Gasteiger partial charge on any atom is -0.383 e. The van der Waals surface area contributed by atoms with Gasteiger partial charge in [-0.25, -0.2) is 9.07 Å². The van der Waals surface area contributed by atoms with Crippen LogP contribution in [-0.4, -0.2) is 49.4 Å². The molecule has 1 saturated heterocycles. The molecule has 1 aliphatic heterocycles. The third kappa shape index (κ3) is 4.82. The van der Waals surface area contributed by atoms with Crippen LogP contribution in [-0.2, 0) is 17.5 Å². The number of carbonyl (C=O) groups excluding carboxylic acids is 2. The maximum Gasteiger partial charge on any atom is 0.416 e. The van der Waals surface area contributed by atoms with E-state index >= 15 is 0 Å². The van der Waals surface area contributed by atoms with E-state index < -0.39 is 23.5 Å². The van der Waals surface area contributed by atoms with Gasteiger partial charge in [-0.1, -0.05) is 5.92 Å². The number of rotatable bonds is 5. The second-order valence-electron chi connectivity index (χ2n) is 10.1. The van der Waals surface area contributed by atoms with Crippen molar-refractivity contribution in [1.29, 1.82) is 0 Å². The standard InChI is InChI=1S/C26H25F4N7O2/c1-2-3-20(38)35-7-6-25(14-35)9-18(10-25)37-23(31)21(24(32)39)22(34-37)16-11-33-36(13-16)12-15-8-17(27)4-5-19(15)26(28,29)30/h4-5,8,11,13,18H,6-7,9-10,12,14,31H2,1H3,(H2,32,39). The number of hydrogen-bond acceptors (Lipinski definition) is 5. The van der Waals surface area contributed by atoms with E-state index in [-0.39, 0.29) is 46.5 Å². The molecule has 0 bridgehead atoms. The largest absolute Gasteiger partial charge is 0.416 e. The topological polar surface area (TPSA) is 125 Å². The summed E-state index contributed by atoms with van der Waals surface area (Å²) in [4.78, 5) is 26.2. The van der Waals surface area contributed by atoms with E-state index in [0.717, 1.165) is 18.6 Å². The van der Waals surface area contributed by atoms with Crippen LogP contribution in [0, 0.1) is 23.1 Å². The molecule has 2 aromatic heterocycles. The zero-order valence-corrected chi connectivity index (χ0v) is 20.9. The highest BCUT2D eigenvalue weighted by Crippen LogP contribution is 2.54. The van der Waals surface area contributed by atoms with Crippen molar-refractivity contribution in [3.05, 3.63) is 53.1 Å². The first-order valence-electron chi connectivity index (χ1n) is 12.2. The summed E-state index contributed by atoms with van der Waals surface area (Å²) in [5.41, 5.74) is 11.0. The summed E-state index contributed by atoms with van der Waals surface area (Å²) in [5, 5.41) is 8.64. The van der Waals surface area contributed by atoms with Gasteiger partial charge in [0.2, 0.25) is 0 Å². The average Bonchev–Trinajstić information content (AvgIpc) is 3.54. The summed E-state index contributed by atoms with van der Waals surface area (Å²) in [5.74, 6) is 3.45. The van der Waals surface area contributed by atoms with Crippen LogP contribution in [0.2, 0.25) is 0 Å². The molecule has 0 atom stereocenters. The molecule has 2 aliphatic rings. The average molecular weight is 544 g/mol. The Labute approximate surface area is 220 Å². The van der Waals surface area contributed by atoms with E-state index in [9.17, 15) is 27.2 Å². The third-order valence-corrected chi connectivity index (χ3v) is 7.45. The van der Waals surface area contributed by atoms with Gasteiger partial charge >= 0.3 is 6.18 Å². The van der Waals surface area contributed by atoms with Crippen molar-refractivity contribution in [2.75, 3.05) is 18.8 Å². The Hall–Kier alpha value is -4.34. The van der Waals surface area contributed by atoms with Crippen LogP contribution < -0.4 is 11.5 Å². The number of amides is 2. The lowest BCUT2D eigenvalue weighted by Gasteiger charge is -2.45. The Balaban J connectivity index is 1.38. The van der Waals surface area contributed by atoms with Gasteiger partial charge in [0.1, 0.15) is 22.9 Å². The summed E-state index contributed by atoms with van der Waals surface area (Å²) in [6.45, 7) is 2.45. The number of nitrogens with two attached hydrogens (primary N) is 2. The van der Waals surface area contributed by atoms with Gasteiger partial charge in [-0.15, -0.1) is 0 Å². The van der Waals surface area contributed by atoms with Gasteiger partial charge in [0.25, 0.3) is 11.8 Å². The van der Waals surface area contributed by atoms with Crippen molar-refractivity contribution in [1.82, 2.24) is 24.5 Å². The van der Waals surface area contributed by atoms with Crippen LogP contribution >= 0.6 is 0 Å². The molecule has 2 amide bonds. The summed E-state index contributed by atoms with van der Waals surface area (Å²) < 4.78 is 56.7. The second-order valence-corrected chi connectivity index (χ2v) is 10.1. The molecule has 9 nitrogen and oxygen atoms in total. The fourth-order valence-corrected chi connectivity index (χ4v) is 5.63. The molecule has 1 aliphatic carbocycles. The highest BCUT2D eigenvalue weighted by atomic mass is 19.4. The molecule has 1 spiro atoms. The molecular weight excluding hydrogens is 518 g/mol. The highest BCUT2D eigenvalue weighted by molar-refractivity contribution is 6.03. The van der Waals surface area contributed by atoms with Crippen molar-refractivity contribution in [3.63, 3.8) is 0 Å². The van der Waals surface area contributed by atoms with E-state index in [4.69, 9.17) is 11.5 Å². The van der Waals surface area contributed by atoms with Gasteiger partial charge in [-0.05, 0) is 61.3 Å². The first-order valence-corrected chi connectivity index (χ1v) is 12.2. The predicted octanol–water partition coefficient (Wildman–Crippen LogP) is 3.21. The maximum atomic E-state index is 13.7. The van der Waals surface area contributed by atoms with Gasteiger partial charge in [-0.3, -0.25) is 14.3 Å². The fourth-order valence-electron chi connectivity index (χ4n) is 5.63. The molecule has 204 valence electrons. The van der Waals surface area contributed by atoms with Crippen LogP contribution in [0.1, 0.15) is 53.7 Å². The number of hydrogen-bond donors (Lipinski definition) is 2. The van der Waals surface area contributed by atoms with Crippen LogP contribution in [0.5, 0.6) is 0 Å². The lowest BCUT2D eigenvalue weighted by molar-refractivity contribution is -0.138. The zero-order chi connectivity index (χ0) is 28.1. The van der Waals surface area contributed by atoms with Crippen molar-refractivity contribution >= 4 is 17.6 Å². The number of anilines is 1. The minimum absolute atomic E-state index is 0.0151. The number of nitrogens with zero attached hydrogens (tertiary/aromatic N) is 5. The van der Waals surface area contributed by atoms with Crippen LogP contribution in [0.15, 0.2) is 30.6 Å². The van der Waals surface area contributed by atoms with Gasteiger partial charge in [0.15, 0.2) is 0 Å². The van der Waals surface area contributed by atoms with Crippen molar-refractivity contribution in [3.8, 4) is 23.1 Å². The lowest BCUT2D eigenvalue weighted by atomic mass is 9.65. The Morgan fingerprint density at radius 3 is 2.67 bits per heavy atom. The van der Waals surface area contributed by atoms with Crippen LogP contribution in [0.4, 0.5) is 23.4 Å². The number of primary amides is 1. The van der Waals surface area contributed by atoms with Crippen molar-refractivity contribution < 1.29 is 27.2 Å². The van der Waals surface area contributed by atoms with E-state index in [2.05, 4.69) is 22.0 Å². The molecule has 13 heteroatoms. The normalized spacial score (nSPS) is 20.5. The molecular formula is C26H25F4N7O2. The Kier molecular flexibility index (Phi) is 6.36. The van der Waals surface area contributed by atoms with Gasteiger partial charge in [0, 0.05) is 24.8 Å².